The lowest BCUT2D eigenvalue weighted by Crippen LogP contribution is -2.27. The summed E-state index contributed by atoms with van der Waals surface area (Å²) in [6, 6.07) is 13.7. The number of benzene rings is 1. The van der Waals surface area contributed by atoms with E-state index in [0.29, 0.717) is 11.4 Å². The Morgan fingerprint density at radius 1 is 0.926 bits per heavy atom. The van der Waals surface area contributed by atoms with Crippen LogP contribution in [0.3, 0.4) is 0 Å². The third-order valence-corrected chi connectivity index (χ3v) is 5.06. The number of carbonyl (C=O) groups excluding carboxylic acids is 1. The van der Waals surface area contributed by atoms with Gasteiger partial charge < -0.3 is 10.2 Å². The molecule has 27 heavy (non-hydrogen) atoms. The van der Waals surface area contributed by atoms with E-state index in [1.165, 1.54) is 32.1 Å². The number of hydrogen-bond donors (Lipinski definition) is 1. The smallest absolute Gasteiger partial charge is 0.258 e. The van der Waals surface area contributed by atoms with Crippen molar-refractivity contribution in [2.45, 2.75) is 32.1 Å². The molecule has 1 aliphatic heterocycles. The van der Waals surface area contributed by atoms with Crippen LogP contribution in [-0.4, -0.2) is 29.0 Å². The lowest BCUT2D eigenvalue weighted by atomic mass is 10.1. The number of hydrogen-bond acceptors (Lipinski definition) is 4. The summed E-state index contributed by atoms with van der Waals surface area (Å²) in [5, 5.41) is 3.99. The second-order valence-corrected chi connectivity index (χ2v) is 7.00. The van der Waals surface area contributed by atoms with Gasteiger partial charge in [0.1, 0.15) is 5.82 Å². The quantitative estimate of drug-likeness (QED) is 0.738. The summed E-state index contributed by atoms with van der Waals surface area (Å²) in [6.07, 6.45) is 9.57. The molecule has 0 radical (unpaired) electrons. The van der Waals surface area contributed by atoms with Gasteiger partial charge in [0.05, 0.1) is 16.8 Å². The number of fused-ring (bicyclic) bond motifs is 1. The number of carbonyl (C=O) groups is 1. The molecule has 0 bridgehead atoms. The average Bonchev–Trinajstić information content (AvgIpc) is 2.68. The van der Waals surface area contributed by atoms with E-state index in [2.05, 4.69) is 33.4 Å². The number of nitrogens with one attached hydrogen (secondary N) is 1. The summed E-state index contributed by atoms with van der Waals surface area (Å²) in [6.45, 7) is 2.13. The molecule has 1 saturated heterocycles. The van der Waals surface area contributed by atoms with Crippen molar-refractivity contribution in [3.05, 3.63) is 60.4 Å². The third kappa shape index (κ3) is 4.08. The maximum Gasteiger partial charge on any atom is 0.258 e. The van der Waals surface area contributed by atoms with Crippen molar-refractivity contribution in [1.82, 2.24) is 9.97 Å². The van der Waals surface area contributed by atoms with Crippen LogP contribution in [0.25, 0.3) is 10.9 Å². The minimum absolute atomic E-state index is 0.196. The average molecular weight is 360 g/mol. The van der Waals surface area contributed by atoms with E-state index in [4.69, 9.17) is 4.98 Å². The molecule has 3 heterocycles. The van der Waals surface area contributed by atoms with E-state index in [1.807, 2.05) is 12.1 Å². The van der Waals surface area contributed by atoms with Gasteiger partial charge >= 0.3 is 0 Å². The Morgan fingerprint density at radius 2 is 1.74 bits per heavy atom. The molecule has 4 rings (SSSR count). The highest BCUT2D eigenvalue weighted by Gasteiger charge is 2.14. The monoisotopic (exact) mass is 360 g/mol. The first-order chi connectivity index (χ1) is 13.3. The molecular weight excluding hydrogens is 336 g/mol. The Hall–Kier alpha value is -2.95. The maximum absolute atomic E-state index is 12.4. The van der Waals surface area contributed by atoms with Crippen LogP contribution < -0.4 is 10.2 Å². The van der Waals surface area contributed by atoms with Crippen LogP contribution in [0.1, 0.15) is 42.5 Å². The number of amides is 1. The second kappa shape index (κ2) is 8.16. The van der Waals surface area contributed by atoms with Gasteiger partial charge in [0, 0.05) is 30.9 Å². The van der Waals surface area contributed by atoms with Crippen LogP contribution in [-0.2, 0) is 0 Å². The minimum Gasteiger partial charge on any atom is -0.370 e. The molecule has 1 amide bonds. The van der Waals surface area contributed by atoms with Crippen LogP contribution in [0.15, 0.2) is 54.9 Å². The highest BCUT2D eigenvalue weighted by atomic mass is 16.1. The van der Waals surface area contributed by atoms with Gasteiger partial charge in [-0.05, 0) is 43.2 Å². The Bertz CT molecular complexity index is 918. The Kier molecular flexibility index (Phi) is 5.28. The largest absolute Gasteiger partial charge is 0.370 e. The van der Waals surface area contributed by atoms with Gasteiger partial charge in [0.2, 0.25) is 0 Å². The standard InChI is InChI=1S/C22H24N4O/c27-22(18-9-7-13-23-16-18)25-20-12-11-17-8-6-10-19(21(17)24-20)26-14-4-2-1-3-5-15-26/h6-13,16H,1-5,14-15H2,(H,24,25,27). The molecule has 1 fully saturated rings. The summed E-state index contributed by atoms with van der Waals surface area (Å²) < 4.78 is 0. The normalized spacial score (nSPS) is 15.2. The van der Waals surface area contributed by atoms with Crippen LogP contribution in [0.5, 0.6) is 0 Å². The van der Waals surface area contributed by atoms with E-state index >= 15 is 0 Å². The summed E-state index contributed by atoms with van der Waals surface area (Å²) in [4.78, 5) is 23.6. The maximum atomic E-state index is 12.4. The molecule has 5 heteroatoms. The first-order valence-corrected chi connectivity index (χ1v) is 9.67. The van der Waals surface area contributed by atoms with Gasteiger partial charge in [-0.15, -0.1) is 0 Å². The van der Waals surface area contributed by atoms with Gasteiger partial charge in [0.25, 0.3) is 5.91 Å². The summed E-state index contributed by atoms with van der Waals surface area (Å²) >= 11 is 0. The van der Waals surface area contributed by atoms with Crippen molar-refractivity contribution in [1.29, 1.82) is 0 Å². The van der Waals surface area contributed by atoms with E-state index in [9.17, 15) is 4.79 Å². The van der Waals surface area contributed by atoms with Crippen LogP contribution in [0.2, 0.25) is 0 Å². The lowest BCUT2D eigenvalue weighted by Gasteiger charge is -2.27. The van der Waals surface area contributed by atoms with E-state index in [1.54, 1.807) is 24.5 Å². The van der Waals surface area contributed by atoms with E-state index < -0.39 is 0 Å². The predicted octanol–water partition coefficient (Wildman–Crippen LogP) is 4.65. The highest BCUT2D eigenvalue weighted by molar-refractivity contribution is 6.04. The lowest BCUT2D eigenvalue weighted by molar-refractivity contribution is 0.102. The van der Waals surface area contributed by atoms with Crippen molar-refractivity contribution in [2.75, 3.05) is 23.3 Å². The number of pyridine rings is 2. The zero-order chi connectivity index (χ0) is 18.5. The van der Waals surface area contributed by atoms with Gasteiger partial charge in [-0.25, -0.2) is 4.98 Å². The van der Waals surface area contributed by atoms with Gasteiger partial charge in [-0.1, -0.05) is 31.4 Å². The zero-order valence-corrected chi connectivity index (χ0v) is 15.4. The molecule has 5 nitrogen and oxygen atoms in total. The fourth-order valence-electron chi connectivity index (χ4n) is 3.63. The molecule has 1 aliphatic rings. The zero-order valence-electron chi connectivity index (χ0n) is 15.4. The molecule has 1 N–H and O–H groups in total. The molecule has 0 saturated carbocycles. The summed E-state index contributed by atoms with van der Waals surface area (Å²) in [5.74, 6) is 0.370. The first kappa shape index (κ1) is 17.5. The van der Waals surface area contributed by atoms with Gasteiger partial charge in [-0.2, -0.15) is 0 Å². The molecule has 0 atom stereocenters. The molecule has 2 aromatic heterocycles. The summed E-state index contributed by atoms with van der Waals surface area (Å²) in [5.41, 5.74) is 2.63. The fourth-order valence-corrected chi connectivity index (χ4v) is 3.63. The molecular formula is C22H24N4O. The van der Waals surface area contributed by atoms with Crippen molar-refractivity contribution >= 4 is 28.3 Å². The van der Waals surface area contributed by atoms with Crippen LogP contribution in [0, 0.1) is 0 Å². The van der Waals surface area contributed by atoms with E-state index in [-0.39, 0.29) is 5.91 Å². The molecule has 0 spiro atoms. The number of anilines is 2. The second-order valence-electron chi connectivity index (χ2n) is 7.00. The van der Waals surface area contributed by atoms with Crippen molar-refractivity contribution in [3.8, 4) is 0 Å². The van der Waals surface area contributed by atoms with Crippen molar-refractivity contribution in [3.63, 3.8) is 0 Å². The fraction of sp³-hybridized carbons (Fsp3) is 0.318. The predicted molar refractivity (Wildman–Crippen MR) is 109 cm³/mol. The number of para-hydroxylation sites is 1. The van der Waals surface area contributed by atoms with Crippen molar-refractivity contribution in [2.24, 2.45) is 0 Å². The Balaban J connectivity index is 1.63. The topological polar surface area (TPSA) is 58.1 Å². The van der Waals surface area contributed by atoms with E-state index in [0.717, 1.165) is 29.7 Å². The Morgan fingerprint density at radius 3 is 2.52 bits per heavy atom. The minimum atomic E-state index is -0.196. The first-order valence-electron chi connectivity index (χ1n) is 9.67. The molecule has 1 aromatic carbocycles. The highest BCUT2D eigenvalue weighted by Crippen LogP contribution is 2.28. The molecule has 138 valence electrons. The third-order valence-electron chi connectivity index (χ3n) is 5.06. The van der Waals surface area contributed by atoms with Crippen molar-refractivity contribution < 1.29 is 4.79 Å². The van der Waals surface area contributed by atoms with Crippen LogP contribution >= 0.6 is 0 Å². The number of nitrogens with zero attached hydrogens (tertiary/aromatic N) is 3. The number of aromatic nitrogens is 2. The van der Waals surface area contributed by atoms with Gasteiger partial charge in [0.15, 0.2) is 0 Å². The molecule has 3 aromatic rings. The molecule has 0 aliphatic carbocycles. The SMILES string of the molecule is O=C(Nc1ccc2cccc(N3CCCCCCC3)c2n1)c1cccnc1. The summed E-state index contributed by atoms with van der Waals surface area (Å²) in [7, 11) is 0. The van der Waals surface area contributed by atoms with Gasteiger partial charge in [-0.3, -0.25) is 9.78 Å². The van der Waals surface area contributed by atoms with Crippen LogP contribution in [0.4, 0.5) is 11.5 Å². The molecule has 0 unspecified atom stereocenters. The Labute approximate surface area is 159 Å². The number of rotatable bonds is 3.